The highest BCUT2D eigenvalue weighted by atomic mass is 79.9. The lowest BCUT2D eigenvalue weighted by Gasteiger charge is -2.12. The Morgan fingerprint density at radius 2 is 2.00 bits per heavy atom. The molecular weight excluding hydrogens is 358 g/mol. The summed E-state index contributed by atoms with van der Waals surface area (Å²) in [5.41, 5.74) is 2.73. The van der Waals surface area contributed by atoms with Crippen molar-refractivity contribution in [1.29, 1.82) is 0 Å². The first kappa shape index (κ1) is 17.4. The maximum Gasteiger partial charge on any atom is 0.280 e. The number of hydrogen-bond donors (Lipinski definition) is 1. The van der Waals surface area contributed by atoms with Crippen LogP contribution < -0.4 is 10.3 Å². The van der Waals surface area contributed by atoms with E-state index in [1.165, 1.54) is 5.01 Å². The van der Waals surface area contributed by atoms with Crippen molar-refractivity contribution < 1.29 is 9.59 Å². The molecule has 0 spiro atoms. The number of hydrogen-bond acceptors (Lipinski definition) is 3. The third kappa shape index (κ3) is 4.28. The summed E-state index contributed by atoms with van der Waals surface area (Å²) >= 11 is 3.35. The summed E-state index contributed by atoms with van der Waals surface area (Å²) in [5.74, 6) is -0.127. The summed E-state index contributed by atoms with van der Waals surface area (Å²) in [5, 5.41) is 9.42. The van der Waals surface area contributed by atoms with Crippen molar-refractivity contribution in [2.24, 2.45) is 5.10 Å². The lowest BCUT2D eigenvalue weighted by atomic mass is 10.1. The van der Waals surface area contributed by atoms with Gasteiger partial charge in [0.2, 0.25) is 5.91 Å². The average molecular weight is 378 g/mol. The van der Waals surface area contributed by atoms with E-state index in [4.69, 9.17) is 0 Å². The number of nitrogens with one attached hydrogen (secondary N) is 1. The van der Waals surface area contributed by atoms with Crippen LogP contribution in [-0.4, -0.2) is 22.9 Å². The number of anilines is 2. The van der Waals surface area contributed by atoms with Crippen LogP contribution in [0.3, 0.4) is 0 Å². The van der Waals surface area contributed by atoms with E-state index in [-0.39, 0.29) is 11.8 Å². The number of allylic oxidation sites excluding steroid dienone is 1. The van der Waals surface area contributed by atoms with Crippen molar-refractivity contribution in [3.63, 3.8) is 0 Å². The van der Waals surface area contributed by atoms with Crippen LogP contribution in [0.5, 0.6) is 0 Å². The summed E-state index contributed by atoms with van der Waals surface area (Å²) < 4.78 is 0. The van der Waals surface area contributed by atoms with Gasteiger partial charge in [0.1, 0.15) is 0 Å². The second kappa shape index (κ2) is 8.06. The molecule has 5 nitrogen and oxygen atoms in total. The van der Waals surface area contributed by atoms with E-state index in [1.807, 2.05) is 13.8 Å². The average Bonchev–Trinajstić information content (AvgIpc) is 2.82. The summed E-state index contributed by atoms with van der Waals surface area (Å²) in [6, 6.07) is 7.12. The predicted molar refractivity (Wildman–Crippen MR) is 97.1 cm³/mol. The van der Waals surface area contributed by atoms with E-state index in [0.29, 0.717) is 23.4 Å². The molecule has 1 aliphatic heterocycles. The Kier molecular flexibility index (Phi) is 6.10. The molecule has 0 saturated heterocycles. The summed E-state index contributed by atoms with van der Waals surface area (Å²) in [4.78, 5) is 24.0. The molecule has 2 amide bonds. The number of amides is 2. The lowest BCUT2D eigenvalue weighted by molar-refractivity contribution is -0.116. The Bertz CT molecular complexity index is 650. The van der Waals surface area contributed by atoms with Crippen molar-refractivity contribution in [1.82, 2.24) is 0 Å². The van der Waals surface area contributed by atoms with E-state index in [9.17, 15) is 9.59 Å². The molecule has 0 aliphatic carbocycles. The highest BCUT2D eigenvalue weighted by molar-refractivity contribution is 9.09. The lowest BCUT2D eigenvalue weighted by Crippen LogP contribution is -2.21. The van der Waals surface area contributed by atoms with Gasteiger partial charge in [-0.25, -0.2) is 0 Å². The second-order valence-electron chi connectivity index (χ2n) is 5.25. The van der Waals surface area contributed by atoms with Gasteiger partial charge in [-0.2, -0.15) is 10.1 Å². The van der Waals surface area contributed by atoms with Crippen LogP contribution in [0.25, 0.3) is 0 Å². The Labute approximate surface area is 144 Å². The minimum Gasteiger partial charge on any atom is -0.326 e. The van der Waals surface area contributed by atoms with E-state index in [1.54, 1.807) is 30.3 Å². The maximum atomic E-state index is 12.2. The number of hydrazone groups is 1. The van der Waals surface area contributed by atoms with Gasteiger partial charge >= 0.3 is 0 Å². The van der Waals surface area contributed by atoms with E-state index in [0.717, 1.165) is 23.9 Å². The van der Waals surface area contributed by atoms with Crippen LogP contribution in [-0.2, 0) is 9.59 Å². The van der Waals surface area contributed by atoms with Crippen molar-refractivity contribution >= 4 is 44.8 Å². The molecule has 1 heterocycles. The number of halogens is 1. The zero-order chi connectivity index (χ0) is 16.8. The second-order valence-corrected chi connectivity index (χ2v) is 6.04. The van der Waals surface area contributed by atoms with Crippen LogP contribution in [0, 0.1) is 0 Å². The van der Waals surface area contributed by atoms with Gasteiger partial charge in [0, 0.05) is 17.4 Å². The van der Waals surface area contributed by atoms with Crippen molar-refractivity contribution in [2.45, 2.75) is 33.1 Å². The van der Waals surface area contributed by atoms with Gasteiger partial charge in [-0.05, 0) is 51.0 Å². The number of unbranched alkanes of at least 4 members (excludes halogenated alkanes) is 1. The molecule has 23 heavy (non-hydrogen) atoms. The van der Waals surface area contributed by atoms with Crippen molar-refractivity contribution in [3.8, 4) is 0 Å². The smallest absolute Gasteiger partial charge is 0.280 e. The Morgan fingerprint density at radius 3 is 2.57 bits per heavy atom. The monoisotopic (exact) mass is 377 g/mol. The van der Waals surface area contributed by atoms with Crippen molar-refractivity contribution in [2.75, 3.05) is 15.7 Å². The topological polar surface area (TPSA) is 61.8 Å². The minimum atomic E-state index is -0.128. The fourth-order valence-corrected chi connectivity index (χ4v) is 2.71. The molecule has 0 unspecified atom stereocenters. The van der Waals surface area contributed by atoms with Gasteiger partial charge < -0.3 is 5.32 Å². The number of benzene rings is 1. The molecule has 0 bridgehead atoms. The zero-order valence-electron chi connectivity index (χ0n) is 13.3. The third-order valence-electron chi connectivity index (χ3n) is 3.53. The standard InChI is InChI=1S/C17H20BrN3O2/c1-3-15-12(2)20-21(17(15)23)14-9-7-13(8-10-14)19-16(22)6-4-5-11-18/h3,7-10H,4-6,11H2,1-2H3,(H,19,22). The first-order valence-electron chi connectivity index (χ1n) is 7.59. The highest BCUT2D eigenvalue weighted by Gasteiger charge is 2.27. The van der Waals surface area contributed by atoms with Crippen LogP contribution in [0.2, 0.25) is 0 Å². The number of alkyl halides is 1. The molecule has 1 aromatic rings. The van der Waals surface area contributed by atoms with E-state index < -0.39 is 0 Å². The van der Waals surface area contributed by atoms with Gasteiger partial charge in [0.05, 0.1) is 17.0 Å². The van der Waals surface area contributed by atoms with Crippen LogP contribution in [0.1, 0.15) is 33.1 Å². The minimum absolute atomic E-state index is 0.000941. The molecule has 0 atom stereocenters. The molecule has 0 radical (unpaired) electrons. The largest absolute Gasteiger partial charge is 0.326 e. The van der Waals surface area contributed by atoms with Gasteiger partial charge in [-0.3, -0.25) is 9.59 Å². The van der Waals surface area contributed by atoms with E-state index >= 15 is 0 Å². The van der Waals surface area contributed by atoms with Crippen LogP contribution in [0.4, 0.5) is 11.4 Å². The molecule has 6 heteroatoms. The summed E-state index contributed by atoms with van der Waals surface area (Å²) in [6.45, 7) is 3.64. The molecule has 1 aromatic carbocycles. The Hall–Kier alpha value is -1.95. The maximum absolute atomic E-state index is 12.2. The number of rotatable bonds is 6. The first-order valence-corrected chi connectivity index (χ1v) is 8.71. The molecule has 122 valence electrons. The normalized spacial score (nSPS) is 16.0. The quantitative estimate of drug-likeness (QED) is 0.464. The molecule has 1 N–H and O–H groups in total. The van der Waals surface area contributed by atoms with Crippen LogP contribution >= 0.6 is 15.9 Å². The molecule has 1 aliphatic rings. The third-order valence-corrected chi connectivity index (χ3v) is 4.10. The van der Waals surface area contributed by atoms with E-state index in [2.05, 4.69) is 26.3 Å². The Balaban J connectivity index is 2.00. The highest BCUT2D eigenvalue weighted by Crippen LogP contribution is 2.25. The number of carbonyl (C=O) groups is 2. The fourth-order valence-electron chi connectivity index (χ4n) is 2.31. The number of carbonyl (C=O) groups excluding carboxylic acids is 2. The van der Waals surface area contributed by atoms with Crippen molar-refractivity contribution in [3.05, 3.63) is 35.9 Å². The van der Waals surface area contributed by atoms with Gasteiger partial charge in [0.25, 0.3) is 5.91 Å². The Morgan fingerprint density at radius 1 is 1.30 bits per heavy atom. The molecular formula is C17H20BrN3O2. The molecule has 0 saturated carbocycles. The summed E-state index contributed by atoms with van der Waals surface area (Å²) in [7, 11) is 0. The number of nitrogens with zero attached hydrogens (tertiary/aromatic N) is 2. The predicted octanol–water partition coefficient (Wildman–Crippen LogP) is 3.86. The van der Waals surface area contributed by atoms with Gasteiger partial charge in [-0.15, -0.1) is 0 Å². The SMILES string of the molecule is CC=C1C(=O)N(c2ccc(NC(=O)CCCCBr)cc2)N=C1C. The van der Waals surface area contributed by atoms with Gasteiger partial charge in [0.15, 0.2) is 0 Å². The molecule has 0 aromatic heterocycles. The molecule has 2 rings (SSSR count). The molecule has 0 fully saturated rings. The summed E-state index contributed by atoms with van der Waals surface area (Å²) in [6.07, 6.45) is 4.11. The zero-order valence-corrected chi connectivity index (χ0v) is 14.9. The van der Waals surface area contributed by atoms with Gasteiger partial charge in [-0.1, -0.05) is 22.0 Å². The first-order chi connectivity index (χ1) is 11.1. The van der Waals surface area contributed by atoms with Crippen LogP contribution in [0.15, 0.2) is 41.0 Å². The fraction of sp³-hybridized carbons (Fsp3) is 0.353.